The molecule has 1 aromatic heterocycles. The highest BCUT2D eigenvalue weighted by atomic mass is 79.9. The molecular weight excluding hydrogens is 563 g/mol. The van der Waals surface area contributed by atoms with Gasteiger partial charge in [-0.15, -0.1) is 23.7 Å². The number of hydrogen-bond acceptors (Lipinski definition) is 7. The van der Waals surface area contributed by atoms with Crippen LogP contribution in [0.5, 0.6) is 0 Å². The number of hydrazine groups is 1. The molecule has 7 nitrogen and oxygen atoms in total. The molecule has 2 aliphatic rings. The molecule has 0 bridgehead atoms. The number of nitrogens with one attached hydrogen (secondary N) is 1. The fourth-order valence-corrected chi connectivity index (χ4v) is 6.09. The number of nitrogens with zero attached hydrogens (tertiary/aromatic N) is 3. The molecule has 2 aromatic carbocycles. The van der Waals surface area contributed by atoms with Crippen LogP contribution >= 0.6 is 51.3 Å². The highest BCUT2D eigenvalue weighted by molar-refractivity contribution is 9.10. The van der Waals surface area contributed by atoms with Crippen LogP contribution < -0.4 is 10.4 Å². The van der Waals surface area contributed by atoms with Gasteiger partial charge in [0.2, 0.25) is 0 Å². The minimum Gasteiger partial charge on any atom is -0.481 e. The van der Waals surface area contributed by atoms with Gasteiger partial charge in [0.25, 0.3) is 0 Å². The van der Waals surface area contributed by atoms with E-state index in [2.05, 4.69) is 32.3 Å². The van der Waals surface area contributed by atoms with Crippen LogP contribution in [0.15, 0.2) is 40.9 Å². The Kier molecular flexibility index (Phi) is 8.03. The predicted octanol–water partition coefficient (Wildman–Crippen LogP) is 5.05. The Morgan fingerprint density at radius 2 is 2.06 bits per heavy atom. The number of carboxylic acids is 1. The van der Waals surface area contributed by atoms with Crippen LogP contribution in [0.4, 0.5) is 5.69 Å². The molecule has 0 saturated carbocycles. The molecule has 5 rings (SSSR count). The highest BCUT2D eigenvalue weighted by Gasteiger charge is 2.44. The molecule has 1 fully saturated rings. The van der Waals surface area contributed by atoms with Gasteiger partial charge in [0.15, 0.2) is 0 Å². The van der Waals surface area contributed by atoms with E-state index in [4.69, 9.17) is 21.3 Å². The molecule has 3 heterocycles. The zero-order valence-corrected chi connectivity index (χ0v) is 22.3. The number of anilines is 1. The molecule has 11 heteroatoms. The van der Waals surface area contributed by atoms with Crippen LogP contribution in [0.25, 0.3) is 10.2 Å². The van der Waals surface area contributed by atoms with Gasteiger partial charge in [-0.2, -0.15) is 0 Å². The molecule has 0 aliphatic carbocycles. The van der Waals surface area contributed by atoms with Crippen LogP contribution in [0.2, 0.25) is 5.02 Å². The molecule has 182 valence electrons. The molecule has 2 N–H and O–H groups in total. The van der Waals surface area contributed by atoms with Gasteiger partial charge < -0.3 is 14.9 Å². The maximum Gasteiger partial charge on any atom is 0.305 e. The zero-order valence-electron chi connectivity index (χ0n) is 18.3. The van der Waals surface area contributed by atoms with Crippen LogP contribution in [-0.2, 0) is 21.6 Å². The minimum absolute atomic E-state index is 0. The molecule has 0 radical (unpaired) electrons. The van der Waals surface area contributed by atoms with E-state index in [0.29, 0.717) is 31.2 Å². The van der Waals surface area contributed by atoms with E-state index in [9.17, 15) is 9.90 Å². The number of carboxylic acid groups (broad SMARTS) is 1. The summed E-state index contributed by atoms with van der Waals surface area (Å²) in [5, 5.41) is 13.4. The summed E-state index contributed by atoms with van der Waals surface area (Å²) in [6, 6.07) is 11.8. The second kappa shape index (κ2) is 10.7. The monoisotopic (exact) mass is 586 g/mol. The number of aliphatic carboxylic acids is 1. The summed E-state index contributed by atoms with van der Waals surface area (Å²) in [7, 11) is 0. The van der Waals surface area contributed by atoms with Crippen LogP contribution in [0.1, 0.15) is 23.4 Å². The Labute approximate surface area is 221 Å². The van der Waals surface area contributed by atoms with Crippen molar-refractivity contribution in [1.82, 2.24) is 15.3 Å². The number of fused-ring (bicyclic) bond motifs is 2. The van der Waals surface area contributed by atoms with Gasteiger partial charge in [0.1, 0.15) is 5.01 Å². The first-order chi connectivity index (χ1) is 15.9. The van der Waals surface area contributed by atoms with Crippen LogP contribution in [0, 0.1) is 0 Å². The SMILES string of the molecule is Cl.O=C(O)CC1(CCN2CCOCC2)NN(Cc2nc3cc(Br)ccc3s2)c2ccc(Cl)cc21. The van der Waals surface area contributed by atoms with Gasteiger partial charge in [0.05, 0.1) is 47.6 Å². The third-order valence-corrected chi connectivity index (χ3v) is 7.96. The number of thiazole rings is 1. The third kappa shape index (κ3) is 5.36. The van der Waals surface area contributed by atoms with Crippen LogP contribution in [-0.4, -0.2) is 53.8 Å². The highest BCUT2D eigenvalue weighted by Crippen LogP contribution is 2.44. The number of morpholine rings is 1. The average molecular weight is 588 g/mol. The first-order valence-electron chi connectivity index (χ1n) is 10.8. The summed E-state index contributed by atoms with van der Waals surface area (Å²) in [5.74, 6) is -0.845. The molecule has 1 atom stereocenters. The van der Waals surface area contributed by atoms with E-state index in [1.807, 2.05) is 35.3 Å². The first kappa shape index (κ1) is 25.6. The number of rotatable bonds is 7. The Balaban J connectivity index is 0.00000274. The molecule has 34 heavy (non-hydrogen) atoms. The fourth-order valence-electron chi connectivity index (χ4n) is 4.63. The van der Waals surface area contributed by atoms with E-state index >= 15 is 0 Å². The summed E-state index contributed by atoms with van der Waals surface area (Å²) in [6.45, 7) is 4.44. The van der Waals surface area contributed by atoms with Crippen molar-refractivity contribution in [3.63, 3.8) is 0 Å². The minimum atomic E-state index is -0.845. The number of ether oxygens (including phenoxy) is 1. The Bertz CT molecular complexity index is 1190. The second-order valence-electron chi connectivity index (χ2n) is 8.44. The lowest BCUT2D eigenvalue weighted by molar-refractivity contribution is -0.139. The van der Waals surface area contributed by atoms with Crippen molar-refractivity contribution in [2.75, 3.05) is 37.9 Å². The normalized spacial score (nSPS) is 20.4. The van der Waals surface area contributed by atoms with Gasteiger partial charge in [-0.25, -0.2) is 10.4 Å². The Hall–Kier alpha value is -1.46. The molecule has 3 aromatic rings. The maximum absolute atomic E-state index is 12.0. The molecule has 0 spiro atoms. The number of benzene rings is 2. The molecule has 1 unspecified atom stereocenters. The fraction of sp³-hybridized carbons (Fsp3) is 0.391. The summed E-state index contributed by atoms with van der Waals surface area (Å²) in [5.41, 5.74) is 5.64. The van der Waals surface area contributed by atoms with Gasteiger partial charge in [-0.3, -0.25) is 9.69 Å². The van der Waals surface area contributed by atoms with Crippen molar-refractivity contribution in [2.24, 2.45) is 0 Å². The number of hydrogen-bond donors (Lipinski definition) is 2. The summed E-state index contributed by atoms with van der Waals surface area (Å²) in [4.78, 5) is 19.1. The number of halogens is 3. The first-order valence-corrected chi connectivity index (χ1v) is 12.8. The second-order valence-corrected chi connectivity index (χ2v) is 10.9. The largest absolute Gasteiger partial charge is 0.481 e. The molecule has 2 aliphatic heterocycles. The standard InChI is InChI=1S/C23H24BrClN4O3S.ClH/c24-15-1-4-20-18(11-15)26-21(33-20)14-29-19-3-2-16(25)12-17(19)23(27-29,13-22(30)31)5-6-28-7-9-32-10-8-28;/h1-4,11-12,27H,5-10,13-14H2,(H,30,31);1H. The van der Waals surface area contributed by atoms with E-state index in [0.717, 1.165) is 50.6 Å². The Morgan fingerprint density at radius 3 is 2.82 bits per heavy atom. The van der Waals surface area contributed by atoms with Gasteiger partial charge in [0, 0.05) is 34.7 Å². The lowest BCUT2D eigenvalue weighted by atomic mass is 9.84. The third-order valence-electron chi connectivity index (χ3n) is 6.21. The topological polar surface area (TPSA) is 77.9 Å². The summed E-state index contributed by atoms with van der Waals surface area (Å²) < 4.78 is 7.58. The van der Waals surface area contributed by atoms with E-state index in [-0.39, 0.29) is 18.8 Å². The quantitative estimate of drug-likeness (QED) is 0.400. The Morgan fingerprint density at radius 1 is 1.26 bits per heavy atom. The summed E-state index contributed by atoms with van der Waals surface area (Å²) in [6.07, 6.45) is 0.615. The van der Waals surface area contributed by atoms with Crippen molar-refractivity contribution in [1.29, 1.82) is 0 Å². The van der Waals surface area contributed by atoms with Crippen molar-refractivity contribution in [3.8, 4) is 0 Å². The van der Waals surface area contributed by atoms with Crippen molar-refractivity contribution in [2.45, 2.75) is 24.9 Å². The van der Waals surface area contributed by atoms with Gasteiger partial charge in [-0.1, -0.05) is 27.5 Å². The lowest BCUT2D eigenvalue weighted by Gasteiger charge is -2.34. The van der Waals surface area contributed by atoms with Gasteiger partial charge in [-0.05, 0) is 42.8 Å². The number of aromatic nitrogens is 1. The average Bonchev–Trinajstić information content (AvgIpc) is 3.31. The predicted molar refractivity (Wildman–Crippen MR) is 141 cm³/mol. The van der Waals surface area contributed by atoms with E-state index in [1.165, 1.54) is 0 Å². The van der Waals surface area contributed by atoms with Gasteiger partial charge >= 0.3 is 5.97 Å². The van der Waals surface area contributed by atoms with Crippen LogP contribution in [0.3, 0.4) is 0 Å². The molecular formula is C23H25BrCl2N4O3S. The maximum atomic E-state index is 12.0. The number of carbonyl (C=O) groups is 1. The van der Waals surface area contributed by atoms with Crippen molar-refractivity contribution < 1.29 is 14.6 Å². The van der Waals surface area contributed by atoms with E-state index in [1.54, 1.807) is 11.3 Å². The smallest absolute Gasteiger partial charge is 0.305 e. The van der Waals surface area contributed by atoms with E-state index < -0.39 is 11.5 Å². The molecule has 0 amide bonds. The summed E-state index contributed by atoms with van der Waals surface area (Å²) >= 11 is 11.5. The van der Waals surface area contributed by atoms with Crippen molar-refractivity contribution >= 4 is 73.1 Å². The molecule has 1 saturated heterocycles. The lowest BCUT2D eigenvalue weighted by Crippen LogP contribution is -2.49. The zero-order chi connectivity index (χ0) is 23.0. The van der Waals surface area contributed by atoms with Crippen molar-refractivity contribution in [3.05, 3.63) is 56.5 Å².